The first kappa shape index (κ1) is 13.4. The van der Waals surface area contributed by atoms with Gasteiger partial charge in [-0.3, -0.25) is 4.68 Å². The number of aryl methyl sites for hydroxylation is 1. The average Bonchev–Trinajstić information content (AvgIpc) is 2.79. The fourth-order valence-corrected chi connectivity index (χ4v) is 1.77. The molecule has 0 unspecified atom stereocenters. The first-order valence-corrected chi connectivity index (χ1v) is 5.80. The molecule has 6 nitrogen and oxygen atoms in total. The number of aromatic nitrogens is 3. The van der Waals surface area contributed by atoms with Gasteiger partial charge in [-0.05, 0) is 12.1 Å². The zero-order valence-corrected chi connectivity index (χ0v) is 11.5. The number of hydrogen-bond acceptors (Lipinski definition) is 5. The fraction of sp³-hybridized carbons (Fsp3) is 0.385. The molecular weight excluding hydrogens is 246 g/mol. The van der Waals surface area contributed by atoms with Crippen molar-refractivity contribution in [3.63, 3.8) is 0 Å². The molecular formula is C13H17N3O3. The highest BCUT2D eigenvalue weighted by molar-refractivity contribution is 5.65. The van der Waals surface area contributed by atoms with Crippen LogP contribution < -0.4 is 9.47 Å². The van der Waals surface area contributed by atoms with Crippen LogP contribution in [0.15, 0.2) is 18.2 Å². The standard InChI is InChI=1S/C13H17N3O3/c1-16-12(8-17-2)14-13(15-16)10-6-5-9(18-3)7-11(10)19-4/h5-7H,8H2,1-4H3. The molecule has 0 saturated heterocycles. The molecule has 0 aliphatic heterocycles. The summed E-state index contributed by atoms with van der Waals surface area (Å²) in [5.41, 5.74) is 0.821. The van der Waals surface area contributed by atoms with Gasteiger partial charge in [0.15, 0.2) is 11.6 Å². The molecule has 6 heteroatoms. The summed E-state index contributed by atoms with van der Waals surface area (Å²) in [7, 11) is 6.69. The van der Waals surface area contributed by atoms with Crippen LogP contribution in [0.25, 0.3) is 11.4 Å². The molecule has 0 atom stereocenters. The van der Waals surface area contributed by atoms with Gasteiger partial charge in [-0.25, -0.2) is 4.98 Å². The maximum atomic E-state index is 5.35. The molecule has 102 valence electrons. The largest absolute Gasteiger partial charge is 0.497 e. The molecule has 1 aromatic heterocycles. The molecule has 19 heavy (non-hydrogen) atoms. The quantitative estimate of drug-likeness (QED) is 0.821. The molecule has 2 rings (SSSR count). The van der Waals surface area contributed by atoms with Crippen LogP contribution in [-0.4, -0.2) is 36.1 Å². The normalized spacial score (nSPS) is 10.5. The summed E-state index contributed by atoms with van der Waals surface area (Å²) in [6.07, 6.45) is 0. The Kier molecular flexibility index (Phi) is 4.01. The van der Waals surface area contributed by atoms with Crippen molar-refractivity contribution < 1.29 is 14.2 Å². The van der Waals surface area contributed by atoms with E-state index < -0.39 is 0 Å². The highest BCUT2D eigenvalue weighted by atomic mass is 16.5. The van der Waals surface area contributed by atoms with Crippen LogP contribution in [0.2, 0.25) is 0 Å². The number of ether oxygens (including phenoxy) is 3. The molecule has 0 bridgehead atoms. The summed E-state index contributed by atoms with van der Waals surface area (Å²) >= 11 is 0. The minimum absolute atomic E-state index is 0.419. The van der Waals surface area contributed by atoms with E-state index in [0.29, 0.717) is 18.2 Å². The number of benzene rings is 1. The molecule has 0 N–H and O–H groups in total. The zero-order valence-electron chi connectivity index (χ0n) is 11.5. The molecule has 0 aliphatic rings. The van der Waals surface area contributed by atoms with E-state index >= 15 is 0 Å². The van der Waals surface area contributed by atoms with E-state index in [1.807, 2.05) is 25.2 Å². The number of methoxy groups -OCH3 is 3. The van der Waals surface area contributed by atoms with Gasteiger partial charge in [0.25, 0.3) is 0 Å². The second-order valence-electron chi connectivity index (χ2n) is 3.97. The van der Waals surface area contributed by atoms with Gasteiger partial charge in [0.1, 0.15) is 18.1 Å². The monoisotopic (exact) mass is 263 g/mol. The van der Waals surface area contributed by atoms with Crippen molar-refractivity contribution >= 4 is 0 Å². The SMILES string of the molecule is COCc1nc(-c2ccc(OC)cc2OC)nn1C. The van der Waals surface area contributed by atoms with E-state index in [-0.39, 0.29) is 0 Å². The van der Waals surface area contributed by atoms with Gasteiger partial charge in [-0.1, -0.05) is 0 Å². The summed E-state index contributed by atoms with van der Waals surface area (Å²) < 4.78 is 17.3. The highest BCUT2D eigenvalue weighted by Gasteiger charge is 2.14. The Hall–Kier alpha value is -2.08. The van der Waals surface area contributed by atoms with Gasteiger partial charge >= 0.3 is 0 Å². The summed E-state index contributed by atoms with van der Waals surface area (Å²) in [6, 6.07) is 5.54. The van der Waals surface area contributed by atoms with Crippen LogP contribution in [0.5, 0.6) is 11.5 Å². The van der Waals surface area contributed by atoms with Crippen molar-refractivity contribution in [2.45, 2.75) is 6.61 Å². The van der Waals surface area contributed by atoms with E-state index in [1.54, 1.807) is 26.0 Å². The molecule has 1 aromatic carbocycles. The van der Waals surface area contributed by atoms with Gasteiger partial charge in [-0.2, -0.15) is 5.10 Å². The Bertz CT molecular complexity index is 566. The lowest BCUT2D eigenvalue weighted by Gasteiger charge is -2.07. The van der Waals surface area contributed by atoms with E-state index in [0.717, 1.165) is 17.1 Å². The lowest BCUT2D eigenvalue weighted by Crippen LogP contribution is -2.00. The van der Waals surface area contributed by atoms with E-state index in [1.165, 1.54) is 0 Å². The highest BCUT2D eigenvalue weighted by Crippen LogP contribution is 2.31. The van der Waals surface area contributed by atoms with Crippen LogP contribution >= 0.6 is 0 Å². The van der Waals surface area contributed by atoms with E-state index in [9.17, 15) is 0 Å². The molecule has 0 fully saturated rings. The van der Waals surface area contributed by atoms with Crippen LogP contribution in [0.4, 0.5) is 0 Å². The van der Waals surface area contributed by atoms with Crippen molar-refractivity contribution in [3.8, 4) is 22.9 Å². The van der Waals surface area contributed by atoms with Crippen LogP contribution in [0, 0.1) is 0 Å². The topological polar surface area (TPSA) is 58.4 Å². The van der Waals surface area contributed by atoms with Gasteiger partial charge in [-0.15, -0.1) is 0 Å². The van der Waals surface area contributed by atoms with Crippen LogP contribution in [0.1, 0.15) is 5.82 Å². The minimum atomic E-state index is 0.419. The third-order valence-electron chi connectivity index (χ3n) is 2.78. The fourth-order valence-electron chi connectivity index (χ4n) is 1.77. The minimum Gasteiger partial charge on any atom is -0.497 e. The first-order valence-electron chi connectivity index (χ1n) is 5.80. The summed E-state index contributed by atoms with van der Waals surface area (Å²) in [4.78, 5) is 4.44. The molecule has 0 spiro atoms. The Morgan fingerprint density at radius 1 is 1.16 bits per heavy atom. The second kappa shape index (κ2) is 5.71. The van der Waals surface area contributed by atoms with Gasteiger partial charge in [0.05, 0.1) is 19.8 Å². The van der Waals surface area contributed by atoms with Gasteiger partial charge < -0.3 is 14.2 Å². The van der Waals surface area contributed by atoms with Crippen LogP contribution in [-0.2, 0) is 18.4 Å². The lowest BCUT2D eigenvalue weighted by molar-refractivity contribution is 0.174. The summed E-state index contributed by atoms with van der Waals surface area (Å²) in [5.74, 6) is 2.77. The van der Waals surface area contributed by atoms with Gasteiger partial charge in [0.2, 0.25) is 0 Å². The third kappa shape index (κ3) is 2.68. The molecule has 0 aliphatic carbocycles. The van der Waals surface area contributed by atoms with Crippen molar-refractivity contribution in [1.82, 2.24) is 14.8 Å². The van der Waals surface area contributed by atoms with Gasteiger partial charge in [0, 0.05) is 20.2 Å². The maximum Gasteiger partial charge on any atom is 0.185 e. The zero-order chi connectivity index (χ0) is 13.8. The van der Waals surface area contributed by atoms with Crippen LogP contribution in [0.3, 0.4) is 0 Å². The lowest BCUT2D eigenvalue weighted by atomic mass is 10.2. The van der Waals surface area contributed by atoms with Crippen molar-refractivity contribution in [2.75, 3.05) is 21.3 Å². The second-order valence-corrected chi connectivity index (χ2v) is 3.97. The molecule has 1 heterocycles. The number of rotatable bonds is 5. The molecule has 0 amide bonds. The summed E-state index contributed by atoms with van der Waals surface area (Å²) in [6.45, 7) is 0.419. The van der Waals surface area contributed by atoms with Crippen molar-refractivity contribution in [3.05, 3.63) is 24.0 Å². The predicted octanol–water partition coefficient (Wildman–Crippen LogP) is 1.65. The first-order chi connectivity index (χ1) is 9.19. The molecule has 0 saturated carbocycles. The maximum absolute atomic E-state index is 5.35. The van der Waals surface area contributed by atoms with E-state index in [2.05, 4.69) is 10.1 Å². The summed E-state index contributed by atoms with van der Waals surface area (Å²) in [5, 5.41) is 4.37. The van der Waals surface area contributed by atoms with Crippen molar-refractivity contribution in [2.24, 2.45) is 7.05 Å². The number of nitrogens with zero attached hydrogens (tertiary/aromatic N) is 3. The third-order valence-corrected chi connectivity index (χ3v) is 2.78. The molecule has 0 radical (unpaired) electrons. The van der Waals surface area contributed by atoms with E-state index in [4.69, 9.17) is 14.2 Å². The van der Waals surface area contributed by atoms with Crippen molar-refractivity contribution in [1.29, 1.82) is 0 Å². The Labute approximate surface area is 111 Å². The smallest absolute Gasteiger partial charge is 0.185 e. The predicted molar refractivity (Wildman–Crippen MR) is 70.3 cm³/mol. The molecule has 2 aromatic rings. The number of hydrogen-bond donors (Lipinski definition) is 0. The average molecular weight is 263 g/mol. The Morgan fingerprint density at radius 2 is 1.95 bits per heavy atom. The Balaban J connectivity index is 2.43. The Morgan fingerprint density at radius 3 is 2.58 bits per heavy atom.